The summed E-state index contributed by atoms with van der Waals surface area (Å²) < 4.78 is 0. The first-order chi connectivity index (χ1) is 9.33. The first kappa shape index (κ1) is 11.2. The summed E-state index contributed by atoms with van der Waals surface area (Å²) in [6.07, 6.45) is 2.33. The molecule has 1 atom stereocenters. The van der Waals surface area contributed by atoms with Gasteiger partial charge in [-0.25, -0.2) is 0 Å². The van der Waals surface area contributed by atoms with E-state index in [9.17, 15) is 0 Å². The zero-order valence-electron chi connectivity index (χ0n) is 11.3. The second-order valence-corrected chi connectivity index (χ2v) is 5.76. The van der Waals surface area contributed by atoms with Crippen LogP contribution >= 0.6 is 0 Å². The van der Waals surface area contributed by atoms with Gasteiger partial charge < -0.3 is 0 Å². The highest BCUT2D eigenvalue weighted by Crippen LogP contribution is 2.39. The number of fused-ring (bicyclic) bond motifs is 4. The molecule has 2 aromatic carbocycles. The van der Waals surface area contributed by atoms with Crippen LogP contribution in [0.2, 0.25) is 0 Å². The van der Waals surface area contributed by atoms with Crippen LogP contribution in [0.25, 0.3) is 0 Å². The van der Waals surface area contributed by atoms with Crippen molar-refractivity contribution in [3.8, 4) is 0 Å². The van der Waals surface area contributed by atoms with E-state index in [1.807, 2.05) is 6.07 Å². The van der Waals surface area contributed by atoms with E-state index in [0.29, 0.717) is 6.04 Å². The van der Waals surface area contributed by atoms with Gasteiger partial charge >= 0.3 is 0 Å². The quantitative estimate of drug-likeness (QED) is 0.690. The van der Waals surface area contributed by atoms with Crippen molar-refractivity contribution in [2.45, 2.75) is 32.4 Å². The second-order valence-electron chi connectivity index (χ2n) is 5.76. The molecule has 2 aromatic rings. The first-order valence-corrected chi connectivity index (χ1v) is 7.14. The monoisotopic (exact) mass is 248 g/mol. The molecule has 2 aliphatic heterocycles. The van der Waals surface area contributed by atoms with Gasteiger partial charge in [0.25, 0.3) is 0 Å². The molecule has 0 bridgehead atoms. The highest BCUT2D eigenvalue weighted by molar-refractivity contribution is 5.42. The molecule has 2 aliphatic rings. The van der Waals surface area contributed by atoms with Gasteiger partial charge in [0, 0.05) is 19.1 Å². The van der Waals surface area contributed by atoms with Gasteiger partial charge in [0.05, 0.1) is 0 Å². The summed E-state index contributed by atoms with van der Waals surface area (Å²) in [5.74, 6) is 0. The molecule has 0 aromatic heterocycles. The zero-order chi connectivity index (χ0) is 12.8. The van der Waals surface area contributed by atoms with Gasteiger partial charge in [0.1, 0.15) is 0 Å². The first-order valence-electron chi connectivity index (χ1n) is 7.14. The minimum atomic E-state index is 0.577. The Kier molecular flexibility index (Phi) is 2.49. The van der Waals surface area contributed by atoms with Crippen LogP contribution < -0.4 is 0 Å². The molecule has 0 aliphatic carbocycles. The SMILES string of the molecule is Cc1cccc2c1C1Cc3ccc[c]c3CN1CC2. The van der Waals surface area contributed by atoms with E-state index in [1.165, 1.54) is 29.7 Å². The average Bonchev–Trinajstić information content (AvgIpc) is 2.45. The number of benzene rings is 2. The van der Waals surface area contributed by atoms with Crippen LogP contribution in [0.1, 0.15) is 33.9 Å². The Morgan fingerprint density at radius 3 is 3.00 bits per heavy atom. The molecule has 1 radical (unpaired) electrons. The lowest BCUT2D eigenvalue weighted by Gasteiger charge is -2.42. The molecular formula is C18H18N. The molecule has 1 unspecified atom stereocenters. The summed E-state index contributed by atoms with van der Waals surface area (Å²) in [6.45, 7) is 4.51. The smallest absolute Gasteiger partial charge is 0.0397 e. The Balaban J connectivity index is 1.82. The van der Waals surface area contributed by atoms with Gasteiger partial charge in [0.15, 0.2) is 0 Å². The fourth-order valence-corrected chi connectivity index (χ4v) is 3.72. The predicted molar refractivity (Wildman–Crippen MR) is 77.0 cm³/mol. The van der Waals surface area contributed by atoms with Gasteiger partial charge in [-0.3, -0.25) is 4.90 Å². The lowest BCUT2D eigenvalue weighted by molar-refractivity contribution is 0.160. The molecule has 2 heterocycles. The number of rotatable bonds is 0. The van der Waals surface area contributed by atoms with E-state index in [-0.39, 0.29) is 0 Å². The minimum Gasteiger partial charge on any atom is -0.291 e. The van der Waals surface area contributed by atoms with E-state index in [2.05, 4.69) is 48.2 Å². The van der Waals surface area contributed by atoms with Crippen LogP contribution in [0.5, 0.6) is 0 Å². The third-order valence-corrected chi connectivity index (χ3v) is 4.67. The topological polar surface area (TPSA) is 3.24 Å². The molecule has 0 N–H and O–H groups in total. The van der Waals surface area contributed by atoms with Crippen LogP contribution in [0.3, 0.4) is 0 Å². The fraction of sp³-hybridized carbons (Fsp3) is 0.333. The third-order valence-electron chi connectivity index (χ3n) is 4.67. The summed E-state index contributed by atoms with van der Waals surface area (Å²) in [5, 5.41) is 0. The molecular weight excluding hydrogens is 230 g/mol. The highest BCUT2D eigenvalue weighted by Gasteiger charge is 2.32. The summed E-state index contributed by atoms with van der Waals surface area (Å²) in [6, 6.07) is 17.2. The van der Waals surface area contributed by atoms with Crippen LogP contribution in [-0.2, 0) is 19.4 Å². The molecule has 0 saturated carbocycles. The standard InChI is InChI=1S/C18H18N/c1-13-5-4-8-14-9-10-19-12-16-7-3-2-6-15(16)11-17(19)18(13)14/h2-6,8,17H,9-12H2,1H3. The van der Waals surface area contributed by atoms with Gasteiger partial charge in [-0.15, -0.1) is 0 Å². The van der Waals surface area contributed by atoms with Crippen LogP contribution in [0, 0.1) is 13.0 Å². The van der Waals surface area contributed by atoms with Crippen LogP contribution in [-0.4, -0.2) is 11.4 Å². The maximum Gasteiger partial charge on any atom is 0.0397 e. The summed E-state index contributed by atoms with van der Waals surface area (Å²) >= 11 is 0. The average molecular weight is 248 g/mol. The molecule has 1 heteroatoms. The maximum absolute atomic E-state index is 3.42. The Morgan fingerprint density at radius 1 is 1.16 bits per heavy atom. The summed E-state index contributed by atoms with van der Waals surface area (Å²) in [5.41, 5.74) is 7.49. The number of hydrogen-bond acceptors (Lipinski definition) is 1. The Bertz CT molecular complexity index is 629. The van der Waals surface area contributed by atoms with Gasteiger partial charge in [0.2, 0.25) is 0 Å². The minimum absolute atomic E-state index is 0.577. The fourth-order valence-electron chi connectivity index (χ4n) is 3.72. The van der Waals surface area contributed by atoms with Crippen LogP contribution in [0.15, 0.2) is 36.4 Å². The maximum atomic E-state index is 3.42. The molecule has 0 spiro atoms. The summed E-state index contributed by atoms with van der Waals surface area (Å²) in [7, 11) is 0. The van der Waals surface area contributed by atoms with Gasteiger partial charge in [-0.2, -0.15) is 0 Å². The molecule has 19 heavy (non-hydrogen) atoms. The zero-order valence-corrected chi connectivity index (χ0v) is 11.3. The summed E-state index contributed by atoms with van der Waals surface area (Å²) in [4.78, 5) is 2.63. The second kappa shape index (κ2) is 4.21. The van der Waals surface area contributed by atoms with Crippen molar-refractivity contribution < 1.29 is 0 Å². The number of nitrogens with zero attached hydrogens (tertiary/aromatic N) is 1. The van der Waals surface area contributed by atoms with Crippen molar-refractivity contribution in [2.75, 3.05) is 6.54 Å². The van der Waals surface area contributed by atoms with Crippen molar-refractivity contribution in [3.63, 3.8) is 0 Å². The Hall–Kier alpha value is -1.60. The van der Waals surface area contributed by atoms with Gasteiger partial charge in [-0.05, 0) is 53.6 Å². The van der Waals surface area contributed by atoms with E-state index >= 15 is 0 Å². The highest BCUT2D eigenvalue weighted by atomic mass is 15.2. The van der Waals surface area contributed by atoms with Crippen molar-refractivity contribution in [3.05, 3.63) is 70.3 Å². The number of hydrogen-bond donors (Lipinski definition) is 0. The molecule has 1 nitrogen and oxygen atoms in total. The van der Waals surface area contributed by atoms with E-state index in [1.54, 1.807) is 11.1 Å². The third kappa shape index (κ3) is 1.73. The van der Waals surface area contributed by atoms with E-state index in [4.69, 9.17) is 0 Å². The molecule has 0 saturated heterocycles. The molecule has 95 valence electrons. The Morgan fingerprint density at radius 2 is 2.05 bits per heavy atom. The molecule has 0 fully saturated rings. The van der Waals surface area contributed by atoms with Crippen molar-refractivity contribution >= 4 is 0 Å². The van der Waals surface area contributed by atoms with Crippen LogP contribution in [0.4, 0.5) is 0 Å². The lowest BCUT2D eigenvalue weighted by Crippen LogP contribution is -2.39. The normalized spacial score (nSPS) is 21.4. The largest absolute Gasteiger partial charge is 0.291 e. The van der Waals surface area contributed by atoms with E-state index < -0.39 is 0 Å². The van der Waals surface area contributed by atoms with E-state index in [0.717, 1.165) is 13.0 Å². The number of aryl methyl sites for hydroxylation is 1. The van der Waals surface area contributed by atoms with Crippen molar-refractivity contribution in [1.29, 1.82) is 0 Å². The lowest BCUT2D eigenvalue weighted by atomic mass is 9.82. The Labute approximate surface area is 114 Å². The molecule has 0 amide bonds. The van der Waals surface area contributed by atoms with Gasteiger partial charge in [-0.1, -0.05) is 36.4 Å². The molecule has 4 rings (SSSR count). The van der Waals surface area contributed by atoms with Crippen molar-refractivity contribution in [2.24, 2.45) is 0 Å². The predicted octanol–water partition coefficient (Wildman–Crippen LogP) is 3.45. The van der Waals surface area contributed by atoms with Crippen molar-refractivity contribution in [1.82, 2.24) is 4.90 Å².